The molecule has 106 valence electrons. The van der Waals surface area contributed by atoms with Crippen molar-refractivity contribution >= 4 is 0 Å². The number of hydrogen-bond donors (Lipinski definition) is 2. The van der Waals surface area contributed by atoms with E-state index in [9.17, 15) is 5.11 Å². The summed E-state index contributed by atoms with van der Waals surface area (Å²) in [5.74, 6) is 1.33. The van der Waals surface area contributed by atoms with E-state index < -0.39 is 0 Å². The first kappa shape index (κ1) is 14.3. The molecule has 2 nitrogen and oxygen atoms in total. The molecular formula is C16H31NO. The van der Waals surface area contributed by atoms with Crippen LogP contribution in [0.25, 0.3) is 0 Å². The number of hydrogen-bond acceptors (Lipinski definition) is 2. The lowest BCUT2D eigenvalue weighted by molar-refractivity contribution is 0.106. The van der Waals surface area contributed by atoms with Gasteiger partial charge in [0.05, 0.1) is 0 Å². The molecule has 18 heavy (non-hydrogen) atoms. The average Bonchev–Trinajstić information content (AvgIpc) is 2.27. The Balaban J connectivity index is 1.91. The number of rotatable bonds is 3. The second-order valence-electron chi connectivity index (χ2n) is 7.61. The highest BCUT2D eigenvalue weighted by molar-refractivity contribution is 4.90. The molecule has 2 N–H and O–H groups in total. The normalized spacial score (nSPS) is 40.7. The summed E-state index contributed by atoms with van der Waals surface area (Å²) in [5, 5.41) is 13.4. The van der Waals surface area contributed by atoms with Gasteiger partial charge in [-0.05, 0) is 49.4 Å². The highest BCUT2D eigenvalue weighted by Crippen LogP contribution is 2.39. The molecule has 0 radical (unpaired) electrons. The van der Waals surface area contributed by atoms with Crippen LogP contribution in [0.5, 0.6) is 0 Å². The van der Waals surface area contributed by atoms with E-state index in [1.54, 1.807) is 0 Å². The van der Waals surface area contributed by atoms with Gasteiger partial charge in [-0.3, -0.25) is 0 Å². The first-order valence-corrected chi connectivity index (χ1v) is 7.87. The van der Waals surface area contributed by atoms with E-state index in [4.69, 9.17) is 0 Å². The van der Waals surface area contributed by atoms with Crippen LogP contribution in [-0.4, -0.2) is 23.8 Å². The number of aliphatic hydroxyl groups is 1. The molecule has 0 saturated heterocycles. The summed E-state index contributed by atoms with van der Waals surface area (Å²) in [4.78, 5) is 0. The van der Waals surface area contributed by atoms with Crippen molar-refractivity contribution in [3.8, 4) is 0 Å². The van der Waals surface area contributed by atoms with Gasteiger partial charge in [-0.15, -0.1) is 0 Å². The first-order valence-electron chi connectivity index (χ1n) is 7.87. The molecule has 2 heteroatoms. The molecule has 0 spiro atoms. The minimum atomic E-state index is 0.364. The largest absolute Gasteiger partial charge is 0.396 e. The number of nitrogens with one attached hydrogen (secondary N) is 1. The van der Waals surface area contributed by atoms with Gasteiger partial charge < -0.3 is 10.4 Å². The SMILES string of the molecule is CC1CC(NC2CCCCC2CO)CC(C)(C)C1. The van der Waals surface area contributed by atoms with Crippen molar-refractivity contribution in [2.75, 3.05) is 6.61 Å². The van der Waals surface area contributed by atoms with Crippen molar-refractivity contribution in [3.05, 3.63) is 0 Å². The summed E-state index contributed by atoms with van der Waals surface area (Å²) in [6.45, 7) is 7.56. The fourth-order valence-corrected chi connectivity index (χ4v) is 4.42. The van der Waals surface area contributed by atoms with Gasteiger partial charge in [0.2, 0.25) is 0 Å². The maximum Gasteiger partial charge on any atom is 0.0474 e. The van der Waals surface area contributed by atoms with E-state index >= 15 is 0 Å². The molecule has 2 aliphatic rings. The molecule has 0 heterocycles. The zero-order chi connectivity index (χ0) is 13.2. The zero-order valence-electron chi connectivity index (χ0n) is 12.4. The Morgan fingerprint density at radius 1 is 1.17 bits per heavy atom. The Hall–Kier alpha value is -0.0800. The second-order valence-corrected chi connectivity index (χ2v) is 7.61. The van der Waals surface area contributed by atoms with Crippen LogP contribution in [0.15, 0.2) is 0 Å². The van der Waals surface area contributed by atoms with Crippen LogP contribution < -0.4 is 5.32 Å². The second kappa shape index (κ2) is 5.92. The smallest absolute Gasteiger partial charge is 0.0474 e. The molecule has 0 aliphatic heterocycles. The van der Waals surface area contributed by atoms with Crippen LogP contribution >= 0.6 is 0 Å². The van der Waals surface area contributed by atoms with E-state index in [0.29, 0.717) is 30.0 Å². The molecule has 4 atom stereocenters. The van der Waals surface area contributed by atoms with Gasteiger partial charge >= 0.3 is 0 Å². The van der Waals surface area contributed by atoms with Gasteiger partial charge in [0.1, 0.15) is 0 Å². The van der Waals surface area contributed by atoms with Gasteiger partial charge in [0.25, 0.3) is 0 Å². The Bertz CT molecular complexity index is 264. The fraction of sp³-hybridized carbons (Fsp3) is 1.00. The molecule has 2 rings (SSSR count). The quantitative estimate of drug-likeness (QED) is 0.808. The highest BCUT2D eigenvalue weighted by Gasteiger charge is 2.34. The lowest BCUT2D eigenvalue weighted by Gasteiger charge is -2.42. The lowest BCUT2D eigenvalue weighted by atomic mass is 9.70. The molecule has 0 amide bonds. The van der Waals surface area contributed by atoms with Gasteiger partial charge in [0.15, 0.2) is 0 Å². The molecule has 2 fully saturated rings. The molecule has 0 aromatic carbocycles. The van der Waals surface area contributed by atoms with Crippen molar-refractivity contribution in [3.63, 3.8) is 0 Å². The minimum absolute atomic E-state index is 0.364. The third-order valence-electron chi connectivity index (χ3n) is 4.98. The summed E-state index contributed by atoms with van der Waals surface area (Å²) >= 11 is 0. The average molecular weight is 253 g/mol. The molecule has 2 aliphatic carbocycles. The summed E-state index contributed by atoms with van der Waals surface area (Å²) in [6, 6.07) is 1.23. The standard InChI is InChI=1S/C16H31NO/c1-12-8-14(10-16(2,3)9-12)17-15-7-5-4-6-13(15)11-18/h12-15,17-18H,4-11H2,1-3H3. The molecule has 0 aromatic rings. The van der Waals surface area contributed by atoms with Crippen molar-refractivity contribution < 1.29 is 5.11 Å². The van der Waals surface area contributed by atoms with Crippen LogP contribution in [0, 0.1) is 17.3 Å². The summed E-state index contributed by atoms with van der Waals surface area (Å²) in [7, 11) is 0. The molecule has 4 unspecified atom stereocenters. The highest BCUT2D eigenvalue weighted by atomic mass is 16.3. The maximum atomic E-state index is 9.51. The van der Waals surface area contributed by atoms with Gasteiger partial charge in [-0.1, -0.05) is 33.6 Å². The van der Waals surface area contributed by atoms with Crippen molar-refractivity contribution in [1.29, 1.82) is 0 Å². The minimum Gasteiger partial charge on any atom is -0.396 e. The maximum absolute atomic E-state index is 9.51. The summed E-state index contributed by atoms with van der Waals surface area (Å²) in [6.07, 6.45) is 9.08. The van der Waals surface area contributed by atoms with E-state index in [-0.39, 0.29) is 0 Å². The molecule has 0 aromatic heterocycles. The van der Waals surface area contributed by atoms with Crippen molar-refractivity contribution in [2.24, 2.45) is 17.3 Å². The lowest BCUT2D eigenvalue weighted by Crippen LogP contribution is -2.49. The summed E-state index contributed by atoms with van der Waals surface area (Å²) in [5.41, 5.74) is 0.485. The third kappa shape index (κ3) is 3.71. The van der Waals surface area contributed by atoms with Crippen molar-refractivity contribution in [2.45, 2.75) is 77.8 Å². The topological polar surface area (TPSA) is 32.3 Å². The van der Waals surface area contributed by atoms with Crippen molar-refractivity contribution in [1.82, 2.24) is 5.32 Å². The van der Waals surface area contributed by atoms with Gasteiger partial charge in [-0.2, -0.15) is 0 Å². The van der Waals surface area contributed by atoms with E-state index in [1.807, 2.05) is 0 Å². The van der Waals surface area contributed by atoms with Crippen LogP contribution in [-0.2, 0) is 0 Å². The zero-order valence-corrected chi connectivity index (χ0v) is 12.4. The third-order valence-corrected chi connectivity index (χ3v) is 4.98. The Kier molecular flexibility index (Phi) is 4.71. The fourth-order valence-electron chi connectivity index (χ4n) is 4.42. The van der Waals surface area contributed by atoms with E-state index in [0.717, 1.165) is 5.92 Å². The van der Waals surface area contributed by atoms with Crippen LogP contribution in [0.4, 0.5) is 0 Å². The van der Waals surface area contributed by atoms with Gasteiger partial charge in [0, 0.05) is 18.7 Å². The van der Waals surface area contributed by atoms with Crippen LogP contribution in [0.3, 0.4) is 0 Å². The predicted octanol–water partition coefficient (Wildman–Crippen LogP) is 3.34. The van der Waals surface area contributed by atoms with E-state index in [1.165, 1.54) is 44.9 Å². The Morgan fingerprint density at radius 3 is 2.56 bits per heavy atom. The molecular weight excluding hydrogens is 222 g/mol. The first-order chi connectivity index (χ1) is 8.50. The monoisotopic (exact) mass is 253 g/mol. The predicted molar refractivity (Wildman–Crippen MR) is 76.6 cm³/mol. The van der Waals surface area contributed by atoms with Crippen LogP contribution in [0.1, 0.15) is 65.7 Å². The van der Waals surface area contributed by atoms with Gasteiger partial charge in [-0.25, -0.2) is 0 Å². The Labute approximate surface area is 113 Å². The van der Waals surface area contributed by atoms with E-state index in [2.05, 4.69) is 26.1 Å². The number of aliphatic hydroxyl groups excluding tert-OH is 1. The van der Waals surface area contributed by atoms with Crippen LogP contribution in [0.2, 0.25) is 0 Å². The molecule has 2 saturated carbocycles. The summed E-state index contributed by atoms with van der Waals surface area (Å²) < 4.78 is 0. The Morgan fingerprint density at radius 2 is 1.89 bits per heavy atom. The molecule has 0 bridgehead atoms.